The summed E-state index contributed by atoms with van der Waals surface area (Å²) in [5, 5.41) is 13.7. The number of aromatic hydroxyl groups is 1. The lowest BCUT2D eigenvalue weighted by atomic mass is 9.98. The molecule has 0 saturated carbocycles. The van der Waals surface area contributed by atoms with Crippen LogP contribution in [-0.4, -0.2) is 11.7 Å². The van der Waals surface area contributed by atoms with Gasteiger partial charge in [-0.05, 0) is 42.2 Å². The Kier molecular flexibility index (Phi) is 6.29. The smallest absolute Gasteiger partial charge is 0.123 e. The molecule has 0 saturated heterocycles. The number of benzene rings is 3. The maximum Gasteiger partial charge on any atom is 0.123 e. The van der Waals surface area contributed by atoms with Gasteiger partial charge in [0.2, 0.25) is 0 Å². The van der Waals surface area contributed by atoms with Crippen molar-refractivity contribution in [2.45, 2.75) is 25.9 Å². The minimum absolute atomic E-state index is 0.0731. The Morgan fingerprint density at radius 2 is 1.54 bits per heavy atom. The van der Waals surface area contributed by atoms with Crippen LogP contribution in [0.15, 0.2) is 78.9 Å². The molecule has 134 valence electrons. The predicted molar refractivity (Wildman–Crippen MR) is 105 cm³/mol. The highest BCUT2D eigenvalue weighted by Gasteiger charge is 2.14. The average Bonchev–Trinajstić information content (AvgIpc) is 2.66. The zero-order valence-electron chi connectivity index (χ0n) is 15.1. The van der Waals surface area contributed by atoms with Crippen LogP contribution < -0.4 is 10.1 Å². The molecule has 3 aromatic carbocycles. The summed E-state index contributed by atoms with van der Waals surface area (Å²) >= 11 is 0. The van der Waals surface area contributed by atoms with Crippen molar-refractivity contribution in [1.82, 2.24) is 5.32 Å². The highest BCUT2D eigenvalue weighted by molar-refractivity contribution is 5.39. The van der Waals surface area contributed by atoms with Gasteiger partial charge in [-0.1, -0.05) is 60.7 Å². The molecule has 0 bridgehead atoms. The van der Waals surface area contributed by atoms with Crippen molar-refractivity contribution >= 4 is 0 Å². The lowest BCUT2D eigenvalue weighted by Gasteiger charge is -2.21. The van der Waals surface area contributed by atoms with Gasteiger partial charge in [0.25, 0.3) is 0 Å². The summed E-state index contributed by atoms with van der Waals surface area (Å²) < 4.78 is 5.60. The molecule has 0 heterocycles. The number of nitrogens with one attached hydrogen (secondary N) is 1. The molecule has 0 aromatic heterocycles. The number of rotatable bonds is 8. The quantitative estimate of drug-likeness (QED) is 0.611. The molecule has 3 aromatic rings. The van der Waals surface area contributed by atoms with Crippen molar-refractivity contribution in [2.24, 2.45) is 0 Å². The van der Waals surface area contributed by atoms with Crippen LogP contribution in [0, 0.1) is 0 Å². The summed E-state index contributed by atoms with van der Waals surface area (Å²) in [4.78, 5) is 0. The number of phenolic OH excluding ortho intramolecular Hbond substituents is 1. The molecule has 0 aliphatic heterocycles. The summed E-state index contributed by atoms with van der Waals surface area (Å²) in [7, 11) is 0. The monoisotopic (exact) mass is 347 g/mol. The van der Waals surface area contributed by atoms with Gasteiger partial charge < -0.3 is 15.2 Å². The second kappa shape index (κ2) is 9.07. The van der Waals surface area contributed by atoms with Crippen LogP contribution in [0.4, 0.5) is 0 Å². The first-order valence-electron chi connectivity index (χ1n) is 9.02. The number of hydrogen-bond acceptors (Lipinski definition) is 3. The van der Waals surface area contributed by atoms with E-state index in [2.05, 4.69) is 41.7 Å². The lowest BCUT2D eigenvalue weighted by molar-refractivity contribution is 0.336. The molecular weight excluding hydrogens is 322 g/mol. The Balaban J connectivity index is 1.84. The number of hydrogen-bond donors (Lipinski definition) is 2. The predicted octanol–water partition coefficient (Wildman–Crippen LogP) is 4.86. The first-order chi connectivity index (χ1) is 12.7. The molecule has 2 N–H and O–H groups in total. The molecule has 0 amide bonds. The highest BCUT2D eigenvalue weighted by Crippen LogP contribution is 2.28. The molecular formula is C23H25NO2. The van der Waals surface area contributed by atoms with Crippen LogP contribution in [-0.2, 0) is 13.0 Å². The van der Waals surface area contributed by atoms with Crippen molar-refractivity contribution in [3.05, 3.63) is 95.6 Å². The second-order valence-electron chi connectivity index (χ2n) is 6.30. The summed E-state index contributed by atoms with van der Waals surface area (Å²) in [6, 6.07) is 26.3. The van der Waals surface area contributed by atoms with Crippen LogP contribution >= 0.6 is 0 Å². The Labute approximate surface area is 155 Å². The van der Waals surface area contributed by atoms with Gasteiger partial charge in [-0.25, -0.2) is 0 Å². The van der Waals surface area contributed by atoms with Gasteiger partial charge in [0.05, 0.1) is 6.61 Å². The SMILES string of the molecule is CCOc1cc(O)cc([C@H](Cc2ccccc2)NCc2ccccc2)c1. The molecule has 0 fully saturated rings. The van der Waals surface area contributed by atoms with E-state index in [1.165, 1.54) is 11.1 Å². The second-order valence-corrected chi connectivity index (χ2v) is 6.30. The van der Waals surface area contributed by atoms with E-state index in [0.29, 0.717) is 12.4 Å². The minimum Gasteiger partial charge on any atom is -0.508 e. The fourth-order valence-electron chi connectivity index (χ4n) is 3.05. The molecule has 0 aliphatic carbocycles. The van der Waals surface area contributed by atoms with Gasteiger partial charge in [0.15, 0.2) is 0 Å². The van der Waals surface area contributed by atoms with Crippen molar-refractivity contribution in [3.63, 3.8) is 0 Å². The van der Waals surface area contributed by atoms with Crippen molar-refractivity contribution < 1.29 is 9.84 Å². The van der Waals surface area contributed by atoms with E-state index < -0.39 is 0 Å². The molecule has 0 spiro atoms. The Hall–Kier alpha value is -2.78. The fraction of sp³-hybridized carbons (Fsp3) is 0.217. The first kappa shape index (κ1) is 18.0. The van der Waals surface area contributed by atoms with E-state index in [0.717, 1.165) is 18.5 Å². The summed E-state index contributed by atoms with van der Waals surface area (Å²) in [5.74, 6) is 0.924. The van der Waals surface area contributed by atoms with Crippen molar-refractivity contribution in [2.75, 3.05) is 6.61 Å². The maximum absolute atomic E-state index is 10.1. The van der Waals surface area contributed by atoms with Gasteiger partial charge >= 0.3 is 0 Å². The zero-order chi connectivity index (χ0) is 18.2. The fourth-order valence-corrected chi connectivity index (χ4v) is 3.05. The summed E-state index contributed by atoms with van der Waals surface area (Å²) in [6.07, 6.45) is 0.836. The van der Waals surface area contributed by atoms with Crippen LogP contribution in [0.2, 0.25) is 0 Å². The van der Waals surface area contributed by atoms with Gasteiger partial charge in [0, 0.05) is 18.7 Å². The third-order valence-corrected chi connectivity index (χ3v) is 4.31. The van der Waals surface area contributed by atoms with Crippen LogP contribution in [0.1, 0.15) is 29.7 Å². The van der Waals surface area contributed by atoms with Crippen LogP contribution in [0.3, 0.4) is 0 Å². The molecule has 0 radical (unpaired) electrons. The molecule has 3 rings (SSSR count). The van der Waals surface area contributed by atoms with Crippen molar-refractivity contribution in [1.29, 1.82) is 0 Å². The van der Waals surface area contributed by atoms with E-state index in [9.17, 15) is 5.11 Å². The Morgan fingerprint density at radius 1 is 0.885 bits per heavy atom. The topological polar surface area (TPSA) is 41.5 Å². The van der Waals surface area contributed by atoms with Crippen LogP contribution in [0.25, 0.3) is 0 Å². The van der Waals surface area contributed by atoms with Gasteiger partial charge in [0.1, 0.15) is 11.5 Å². The molecule has 3 heteroatoms. The molecule has 1 atom stereocenters. The average molecular weight is 347 g/mol. The standard InChI is InChI=1S/C23H25NO2/c1-2-26-22-15-20(14-21(25)16-22)23(13-18-9-5-3-6-10-18)24-17-19-11-7-4-8-12-19/h3-12,14-16,23-25H,2,13,17H2,1H3/t23-/m0/s1. The molecule has 26 heavy (non-hydrogen) atoms. The molecule has 0 unspecified atom stereocenters. The molecule has 3 nitrogen and oxygen atoms in total. The molecule has 0 aliphatic rings. The Morgan fingerprint density at radius 3 is 2.19 bits per heavy atom. The first-order valence-corrected chi connectivity index (χ1v) is 9.02. The third-order valence-electron chi connectivity index (χ3n) is 4.31. The van der Waals surface area contributed by atoms with Gasteiger partial charge in [-0.2, -0.15) is 0 Å². The number of phenols is 1. The summed E-state index contributed by atoms with van der Waals surface area (Å²) in [6.45, 7) is 3.28. The summed E-state index contributed by atoms with van der Waals surface area (Å²) in [5.41, 5.74) is 3.50. The number of ether oxygens (including phenoxy) is 1. The lowest BCUT2D eigenvalue weighted by Crippen LogP contribution is -2.23. The van der Waals surface area contributed by atoms with E-state index in [-0.39, 0.29) is 11.8 Å². The Bertz CT molecular complexity index is 803. The van der Waals surface area contributed by atoms with Crippen LogP contribution in [0.5, 0.6) is 11.5 Å². The zero-order valence-corrected chi connectivity index (χ0v) is 15.1. The van der Waals surface area contributed by atoms with E-state index in [4.69, 9.17) is 4.74 Å². The van der Waals surface area contributed by atoms with Gasteiger partial charge in [-0.15, -0.1) is 0 Å². The largest absolute Gasteiger partial charge is 0.508 e. The van der Waals surface area contributed by atoms with E-state index in [1.807, 2.05) is 43.3 Å². The van der Waals surface area contributed by atoms with E-state index in [1.54, 1.807) is 6.07 Å². The van der Waals surface area contributed by atoms with Gasteiger partial charge in [-0.3, -0.25) is 0 Å². The third kappa shape index (κ3) is 5.11. The normalized spacial score (nSPS) is 11.9. The van der Waals surface area contributed by atoms with Crippen molar-refractivity contribution in [3.8, 4) is 11.5 Å². The minimum atomic E-state index is 0.0731. The maximum atomic E-state index is 10.1. The highest BCUT2D eigenvalue weighted by atomic mass is 16.5. The van der Waals surface area contributed by atoms with E-state index >= 15 is 0 Å².